The molecule has 0 spiro atoms. The lowest BCUT2D eigenvalue weighted by atomic mass is 9.94. The van der Waals surface area contributed by atoms with E-state index in [4.69, 9.17) is 20.2 Å². The number of rotatable bonds is 6. The summed E-state index contributed by atoms with van der Waals surface area (Å²) in [5.74, 6) is 0.882. The Labute approximate surface area is 246 Å². The van der Waals surface area contributed by atoms with Crippen molar-refractivity contribution < 1.29 is 19.1 Å². The van der Waals surface area contributed by atoms with Gasteiger partial charge in [0.05, 0.1) is 23.8 Å². The van der Waals surface area contributed by atoms with Gasteiger partial charge >= 0.3 is 12.2 Å². The van der Waals surface area contributed by atoms with Crippen LogP contribution in [-0.4, -0.2) is 61.3 Å². The van der Waals surface area contributed by atoms with Gasteiger partial charge in [0.2, 0.25) is 0 Å². The number of carbonyl (C=O) groups excluding carboxylic acids is 2. The molecule has 2 amide bonds. The van der Waals surface area contributed by atoms with Crippen LogP contribution in [0.3, 0.4) is 0 Å². The fourth-order valence-electron chi connectivity index (χ4n) is 4.34. The molecule has 1 aliphatic carbocycles. The first-order valence-corrected chi connectivity index (χ1v) is 14.1. The van der Waals surface area contributed by atoms with Crippen molar-refractivity contribution in [2.45, 2.75) is 84.6 Å². The zero-order valence-corrected chi connectivity index (χ0v) is 25.4. The maximum atomic E-state index is 12.6. The molecule has 4 rings (SSSR count). The van der Waals surface area contributed by atoms with E-state index in [1.165, 1.54) is 4.90 Å². The number of ether oxygens (including phenoxy) is 2. The van der Waals surface area contributed by atoms with E-state index in [0.717, 1.165) is 41.7 Å². The van der Waals surface area contributed by atoms with Gasteiger partial charge in [-0.3, -0.25) is 5.32 Å². The summed E-state index contributed by atoms with van der Waals surface area (Å²) in [5.41, 5.74) is 9.47. The Morgan fingerprint density at radius 2 is 1.74 bits per heavy atom. The van der Waals surface area contributed by atoms with Crippen molar-refractivity contribution in [1.29, 1.82) is 0 Å². The van der Waals surface area contributed by atoms with Gasteiger partial charge in [-0.05, 0) is 71.9 Å². The highest BCUT2D eigenvalue weighted by Gasteiger charge is 2.23. The molecular weight excluding hydrogens is 534 g/mol. The maximum absolute atomic E-state index is 12.6. The molecule has 42 heavy (non-hydrogen) atoms. The molecule has 1 aromatic carbocycles. The van der Waals surface area contributed by atoms with Gasteiger partial charge in [-0.15, -0.1) is 0 Å². The summed E-state index contributed by atoms with van der Waals surface area (Å²) in [5, 5.41) is 2.74. The maximum Gasteiger partial charge on any atom is 0.413 e. The molecular formula is C31H41N7O4. The van der Waals surface area contributed by atoms with Gasteiger partial charge < -0.3 is 25.1 Å². The van der Waals surface area contributed by atoms with E-state index in [9.17, 15) is 9.59 Å². The predicted octanol–water partition coefficient (Wildman–Crippen LogP) is 6.14. The number of benzene rings is 1. The monoisotopic (exact) mass is 575 g/mol. The summed E-state index contributed by atoms with van der Waals surface area (Å²) >= 11 is 0. The van der Waals surface area contributed by atoms with E-state index in [1.807, 2.05) is 45.0 Å². The first kappa shape index (κ1) is 30.7. The van der Waals surface area contributed by atoms with Crippen LogP contribution in [-0.2, 0) is 16.0 Å². The number of aromatic amines is 1. The van der Waals surface area contributed by atoms with Crippen LogP contribution < -0.4 is 11.1 Å². The number of carbonyl (C=O) groups is 2. The van der Waals surface area contributed by atoms with Gasteiger partial charge in [0.25, 0.3) is 0 Å². The van der Waals surface area contributed by atoms with Crippen LogP contribution in [0, 0.1) is 0 Å². The van der Waals surface area contributed by atoms with Gasteiger partial charge in [-0.25, -0.2) is 24.5 Å². The fraction of sp³-hybridized carbons (Fsp3) is 0.452. The summed E-state index contributed by atoms with van der Waals surface area (Å²) in [7, 11) is 1.70. The normalized spacial score (nSPS) is 15.5. The van der Waals surface area contributed by atoms with Crippen LogP contribution in [0.25, 0.3) is 28.3 Å². The average molecular weight is 576 g/mol. The Balaban J connectivity index is 1.57. The third-order valence-electron chi connectivity index (χ3n) is 6.36. The quantitative estimate of drug-likeness (QED) is 0.317. The Morgan fingerprint density at radius 3 is 2.36 bits per heavy atom. The summed E-state index contributed by atoms with van der Waals surface area (Å²) < 4.78 is 10.9. The molecule has 4 N–H and O–H groups in total. The largest absolute Gasteiger partial charge is 0.444 e. The molecule has 11 nitrogen and oxygen atoms in total. The first-order chi connectivity index (χ1) is 19.7. The number of anilines is 1. The number of H-pyrrole nitrogens is 1. The van der Waals surface area contributed by atoms with Crippen LogP contribution in [0.15, 0.2) is 42.7 Å². The van der Waals surface area contributed by atoms with Crippen LogP contribution in [0.5, 0.6) is 0 Å². The minimum absolute atomic E-state index is 0.147. The van der Waals surface area contributed by atoms with E-state index >= 15 is 0 Å². The number of hydrogen-bond donors (Lipinski definition) is 3. The van der Waals surface area contributed by atoms with Crippen LogP contribution in [0.1, 0.15) is 72.1 Å². The molecule has 224 valence electrons. The number of imidazole rings is 1. The number of aromatic nitrogens is 4. The second kappa shape index (κ2) is 12.3. The van der Waals surface area contributed by atoms with Crippen molar-refractivity contribution in [3.05, 3.63) is 54.0 Å². The fourth-order valence-corrected chi connectivity index (χ4v) is 4.34. The van der Waals surface area contributed by atoms with E-state index in [1.54, 1.807) is 40.2 Å². The zero-order chi connectivity index (χ0) is 30.7. The smallest absolute Gasteiger partial charge is 0.413 e. The molecule has 0 saturated carbocycles. The highest BCUT2D eigenvalue weighted by Crippen LogP contribution is 2.31. The van der Waals surface area contributed by atoms with Crippen LogP contribution in [0.2, 0.25) is 0 Å². The molecule has 0 fully saturated rings. The lowest BCUT2D eigenvalue weighted by Crippen LogP contribution is -2.33. The third-order valence-corrected chi connectivity index (χ3v) is 6.36. The topological polar surface area (TPSA) is 148 Å². The Bertz CT molecular complexity index is 1450. The second-order valence-corrected chi connectivity index (χ2v) is 12.5. The van der Waals surface area contributed by atoms with Gasteiger partial charge in [0, 0.05) is 25.2 Å². The number of allylic oxidation sites excluding steroid dienone is 1. The average Bonchev–Trinajstić information content (AvgIpc) is 3.38. The molecule has 3 aromatic rings. The van der Waals surface area contributed by atoms with Crippen molar-refractivity contribution >= 4 is 23.6 Å². The van der Waals surface area contributed by atoms with E-state index in [-0.39, 0.29) is 18.0 Å². The van der Waals surface area contributed by atoms with Crippen molar-refractivity contribution in [2.24, 2.45) is 5.73 Å². The molecule has 0 saturated heterocycles. The predicted molar refractivity (Wildman–Crippen MR) is 162 cm³/mol. The highest BCUT2D eigenvalue weighted by molar-refractivity contribution is 5.88. The number of nitrogens with one attached hydrogen (secondary N) is 2. The minimum atomic E-state index is -0.668. The van der Waals surface area contributed by atoms with E-state index in [0.29, 0.717) is 23.8 Å². The van der Waals surface area contributed by atoms with Gasteiger partial charge in [-0.2, -0.15) is 0 Å². The molecule has 2 aromatic heterocycles. The summed E-state index contributed by atoms with van der Waals surface area (Å²) in [4.78, 5) is 43.8. The van der Waals surface area contributed by atoms with Crippen molar-refractivity contribution in [2.75, 3.05) is 12.4 Å². The molecule has 2 heterocycles. The lowest BCUT2D eigenvalue weighted by molar-refractivity contribution is 0.0285. The van der Waals surface area contributed by atoms with E-state index < -0.39 is 17.3 Å². The number of nitrogens with zero attached hydrogens (tertiary/aromatic N) is 4. The molecule has 1 unspecified atom stereocenters. The standard InChI is InChI=1S/C31H41N7O4/c1-30(2,3)41-28(39)37-27-25(35-23(16-34-27)20-12-14-22(32)15-13-20)24-17-33-26(36-24)21-10-8-19(9-11-21)18-38(7)29(40)42-31(4,5)6/h8-12,16-17,22H,13-15,18,32H2,1-7H3,(H,33,36)(H,34,37,39). The molecule has 11 heteroatoms. The Hall–Kier alpha value is -4.25. The highest BCUT2D eigenvalue weighted by atomic mass is 16.6. The number of hydrogen-bond acceptors (Lipinski definition) is 8. The Morgan fingerprint density at radius 1 is 1.05 bits per heavy atom. The van der Waals surface area contributed by atoms with E-state index in [2.05, 4.69) is 26.3 Å². The SMILES string of the molecule is CN(Cc1ccc(-c2ncc(-c3nc(C4=CCC(N)CC4)cnc3NC(=O)OC(C)(C)C)[nH]2)cc1)C(=O)OC(C)(C)C. The third kappa shape index (κ3) is 8.39. The first-order valence-electron chi connectivity index (χ1n) is 14.1. The Kier molecular flexibility index (Phi) is 9.00. The zero-order valence-electron chi connectivity index (χ0n) is 25.4. The van der Waals surface area contributed by atoms with Crippen LogP contribution >= 0.6 is 0 Å². The summed E-state index contributed by atoms with van der Waals surface area (Å²) in [6.45, 7) is 11.3. The van der Waals surface area contributed by atoms with Crippen molar-refractivity contribution in [1.82, 2.24) is 24.8 Å². The molecule has 0 aliphatic heterocycles. The van der Waals surface area contributed by atoms with Crippen molar-refractivity contribution in [3.63, 3.8) is 0 Å². The van der Waals surface area contributed by atoms with Gasteiger partial charge in [0.15, 0.2) is 5.82 Å². The minimum Gasteiger partial charge on any atom is -0.444 e. The lowest BCUT2D eigenvalue weighted by Gasteiger charge is -2.24. The summed E-state index contributed by atoms with van der Waals surface area (Å²) in [6.07, 6.45) is 6.87. The second-order valence-electron chi connectivity index (χ2n) is 12.5. The number of nitrogens with two attached hydrogens (primary N) is 1. The molecule has 0 bridgehead atoms. The molecule has 1 aliphatic rings. The number of amides is 2. The van der Waals surface area contributed by atoms with Gasteiger partial charge in [0.1, 0.15) is 22.7 Å². The summed E-state index contributed by atoms with van der Waals surface area (Å²) in [6, 6.07) is 7.88. The van der Waals surface area contributed by atoms with Crippen LogP contribution in [0.4, 0.5) is 15.4 Å². The molecule has 1 atom stereocenters. The molecule has 0 radical (unpaired) electrons. The van der Waals surface area contributed by atoms with Gasteiger partial charge in [-0.1, -0.05) is 30.3 Å². The van der Waals surface area contributed by atoms with Crippen molar-refractivity contribution in [3.8, 4) is 22.8 Å².